The molecule has 0 radical (unpaired) electrons. The van der Waals surface area contributed by atoms with E-state index in [1.165, 1.54) is 36.1 Å². The summed E-state index contributed by atoms with van der Waals surface area (Å²) in [6.45, 7) is 0.213. The number of benzene rings is 1. The van der Waals surface area contributed by atoms with E-state index in [0.29, 0.717) is 17.8 Å². The van der Waals surface area contributed by atoms with Crippen LogP contribution in [0, 0.1) is 23.2 Å². The second-order valence-electron chi connectivity index (χ2n) is 10.8. The number of carbonyl (C=O) groups is 2. The van der Waals surface area contributed by atoms with Gasteiger partial charge in [0.25, 0.3) is 0 Å². The normalized spacial score (nSPS) is 31.7. The Hall–Kier alpha value is -3.24. The van der Waals surface area contributed by atoms with Crippen LogP contribution in [0.5, 0.6) is 0 Å². The van der Waals surface area contributed by atoms with Gasteiger partial charge in [0, 0.05) is 6.20 Å². The molecule has 2 aromatic rings. The number of hydrogen-bond donors (Lipinski definition) is 1. The number of carbonyl (C=O) groups excluding carboxylic acids is 2. The fourth-order valence-corrected chi connectivity index (χ4v) is 6.90. The first-order valence-electron chi connectivity index (χ1n) is 13.0. The molecule has 0 spiro atoms. The standard InChI is InChI=1S/C27H31N3O7/c31-24(27-11-18-8-19(12-27)10-20(9-18)13-27)35-16-23-34-15-22(37-23)30-7-6-21(28-25(30)32)29-26(33)36-14-17-4-2-1-3-5-17/h1-7,18-20,22-23H,8-16H2,(H,28,29,32,33)/t18?,19?,20?,22-,23-,27?/m0/s1. The Labute approximate surface area is 214 Å². The third kappa shape index (κ3) is 5.13. The largest absolute Gasteiger partial charge is 0.460 e. The number of hydrogen-bond acceptors (Lipinski definition) is 8. The summed E-state index contributed by atoms with van der Waals surface area (Å²) in [4.78, 5) is 41.6. The molecule has 196 valence electrons. The van der Waals surface area contributed by atoms with E-state index < -0.39 is 24.3 Å². The molecule has 37 heavy (non-hydrogen) atoms. The van der Waals surface area contributed by atoms with E-state index >= 15 is 0 Å². The molecule has 5 aliphatic rings. The van der Waals surface area contributed by atoms with Crippen LogP contribution in [0.1, 0.15) is 50.3 Å². The number of nitrogens with one attached hydrogen (secondary N) is 1. The second-order valence-corrected chi connectivity index (χ2v) is 10.8. The fraction of sp³-hybridized carbons (Fsp3) is 0.556. The Morgan fingerprint density at radius 2 is 1.73 bits per heavy atom. The van der Waals surface area contributed by atoms with Crippen LogP contribution in [-0.4, -0.2) is 41.1 Å². The lowest BCUT2D eigenvalue weighted by Gasteiger charge is -2.55. The van der Waals surface area contributed by atoms with Crippen LogP contribution in [0.2, 0.25) is 0 Å². The molecule has 10 heteroatoms. The molecule has 1 amide bonds. The minimum atomic E-state index is -0.750. The van der Waals surface area contributed by atoms with E-state index in [9.17, 15) is 14.4 Å². The highest BCUT2D eigenvalue weighted by molar-refractivity contribution is 5.83. The average Bonchev–Trinajstić information content (AvgIpc) is 3.34. The molecule has 4 bridgehead atoms. The molecule has 10 nitrogen and oxygen atoms in total. The second kappa shape index (κ2) is 9.90. The summed E-state index contributed by atoms with van der Waals surface area (Å²) in [6, 6.07) is 10.7. The summed E-state index contributed by atoms with van der Waals surface area (Å²) in [7, 11) is 0. The quantitative estimate of drug-likeness (QED) is 0.563. The molecule has 4 saturated carbocycles. The zero-order chi connectivity index (χ0) is 25.4. The molecule has 1 aliphatic heterocycles. The zero-order valence-electron chi connectivity index (χ0n) is 20.5. The minimum Gasteiger partial charge on any atom is -0.460 e. The maximum atomic E-state index is 13.1. The molecular weight excluding hydrogens is 478 g/mol. The van der Waals surface area contributed by atoms with Gasteiger partial charge >= 0.3 is 17.8 Å². The Kier molecular flexibility index (Phi) is 6.46. The molecule has 7 rings (SSSR count). The number of nitrogens with zero attached hydrogens (tertiary/aromatic N) is 2. The Morgan fingerprint density at radius 3 is 2.41 bits per heavy atom. The van der Waals surface area contributed by atoms with Gasteiger partial charge in [-0.25, -0.2) is 9.59 Å². The lowest BCUT2D eigenvalue weighted by molar-refractivity contribution is -0.183. The first-order valence-corrected chi connectivity index (χ1v) is 13.0. The van der Waals surface area contributed by atoms with Crippen LogP contribution in [0.15, 0.2) is 47.4 Å². The summed E-state index contributed by atoms with van der Waals surface area (Å²) >= 11 is 0. The smallest absolute Gasteiger partial charge is 0.413 e. The molecule has 4 aliphatic carbocycles. The van der Waals surface area contributed by atoms with Crippen molar-refractivity contribution in [2.45, 2.75) is 57.6 Å². The summed E-state index contributed by atoms with van der Waals surface area (Å²) in [5, 5.41) is 2.45. The van der Waals surface area contributed by atoms with Crippen LogP contribution in [0.25, 0.3) is 0 Å². The number of rotatable bonds is 7. The SMILES string of the molecule is O=C(Nc1ccn([C@@H]2CO[C@H](COC(=O)C34CC5CC(CC(C5)C3)C4)O2)c(=O)n1)OCc1ccccc1. The number of aromatic nitrogens is 2. The first kappa shape index (κ1) is 24.1. The maximum Gasteiger partial charge on any atom is 0.413 e. The summed E-state index contributed by atoms with van der Waals surface area (Å²) in [6.07, 6.45) is 5.90. The van der Waals surface area contributed by atoms with Crippen molar-refractivity contribution in [3.8, 4) is 0 Å². The van der Waals surface area contributed by atoms with Gasteiger partial charge in [0.2, 0.25) is 0 Å². The zero-order valence-corrected chi connectivity index (χ0v) is 20.5. The van der Waals surface area contributed by atoms with E-state index in [4.69, 9.17) is 18.9 Å². The maximum absolute atomic E-state index is 13.1. The van der Waals surface area contributed by atoms with Crippen molar-refractivity contribution in [1.29, 1.82) is 0 Å². The summed E-state index contributed by atoms with van der Waals surface area (Å²) in [5.41, 5.74) is -0.100. The molecule has 1 aromatic heterocycles. The van der Waals surface area contributed by atoms with E-state index in [1.54, 1.807) is 0 Å². The van der Waals surface area contributed by atoms with E-state index in [-0.39, 0.29) is 37.0 Å². The van der Waals surface area contributed by atoms with Crippen molar-refractivity contribution >= 4 is 17.9 Å². The van der Waals surface area contributed by atoms with Gasteiger partial charge in [-0.05, 0) is 67.9 Å². The first-order chi connectivity index (χ1) is 18.0. The van der Waals surface area contributed by atoms with Crippen molar-refractivity contribution in [3.63, 3.8) is 0 Å². The van der Waals surface area contributed by atoms with Gasteiger partial charge in [0.15, 0.2) is 12.5 Å². The Bertz CT molecular complexity index is 1180. The van der Waals surface area contributed by atoms with Crippen molar-refractivity contribution in [2.75, 3.05) is 18.5 Å². The van der Waals surface area contributed by atoms with Crippen LogP contribution in [-0.2, 0) is 30.3 Å². The highest BCUT2D eigenvalue weighted by Gasteiger charge is 2.55. The number of anilines is 1. The molecule has 2 atom stereocenters. The molecule has 1 N–H and O–H groups in total. The van der Waals surface area contributed by atoms with Gasteiger partial charge in [-0.2, -0.15) is 4.98 Å². The predicted molar refractivity (Wildman–Crippen MR) is 130 cm³/mol. The lowest BCUT2D eigenvalue weighted by atomic mass is 9.49. The summed E-state index contributed by atoms with van der Waals surface area (Å²) in [5.74, 6) is 1.91. The van der Waals surface area contributed by atoms with Gasteiger partial charge in [-0.3, -0.25) is 14.7 Å². The molecule has 2 heterocycles. The lowest BCUT2D eigenvalue weighted by Crippen LogP contribution is -2.50. The molecule has 5 fully saturated rings. The van der Waals surface area contributed by atoms with Gasteiger partial charge in [-0.1, -0.05) is 30.3 Å². The highest BCUT2D eigenvalue weighted by Crippen LogP contribution is 2.60. The average molecular weight is 510 g/mol. The minimum absolute atomic E-state index is 0.00778. The third-order valence-corrected chi connectivity index (χ3v) is 8.14. The molecule has 0 unspecified atom stereocenters. The number of esters is 1. The fourth-order valence-electron chi connectivity index (χ4n) is 6.90. The number of ether oxygens (including phenoxy) is 4. The summed E-state index contributed by atoms with van der Waals surface area (Å²) < 4.78 is 23.6. The van der Waals surface area contributed by atoms with Crippen LogP contribution < -0.4 is 11.0 Å². The third-order valence-electron chi connectivity index (χ3n) is 8.14. The van der Waals surface area contributed by atoms with Crippen LogP contribution in [0.3, 0.4) is 0 Å². The number of amides is 1. The van der Waals surface area contributed by atoms with Gasteiger partial charge in [-0.15, -0.1) is 0 Å². The van der Waals surface area contributed by atoms with Gasteiger partial charge in [0.05, 0.1) is 12.0 Å². The predicted octanol–water partition coefficient (Wildman–Crippen LogP) is 3.62. The van der Waals surface area contributed by atoms with Crippen LogP contribution in [0.4, 0.5) is 10.6 Å². The van der Waals surface area contributed by atoms with Crippen LogP contribution >= 0.6 is 0 Å². The monoisotopic (exact) mass is 509 g/mol. The Morgan fingerprint density at radius 1 is 1.03 bits per heavy atom. The molecule has 1 saturated heterocycles. The molecule has 1 aromatic carbocycles. The van der Waals surface area contributed by atoms with Crippen molar-refractivity contribution in [2.24, 2.45) is 23.2 Å². The van der Waals surface area contributed by atoms with Gasteiger partial charge < -0.3 is 18.9 Å². The highest BCUT2D eigenvalue weighted by atomic mass is 16.7. The van der Waals surface area contributed by atoms with Crippen molar-refractivity contribution in [1.82, 2.24) is 9.55 Å². The van der Waals surface area contributed by atoms with E-state index in [0.717, 1.165) is 24.8 Å². The van der Waals surface area contributed by atoms with Crippen molar-refractivity contribution < 1.29 is 28.5 Å². The Balaban J connectivity index is 0.992. The van der Waals surface area contributed by atoms with E-state index in [2.05, 4.69) is 10.3 Å². The van der Waals surface area contributed by atoms with E-state index in [1.807, 2.05) is 30.3 Å². The van der Waals surface area contributed by atoms with Crippen molar-refractivity contribution in [3.05, 3.63) is 58.6 Å². The topological polar surface area (TPSA) is 118 Å². The molecular formula is C27H31N3O7. The van der Waals surface area contributed by atoms with Gasteiger partial charge in [0.1, 0.15) is 19.0 Å².